The summed E-state index contributed by atoms with van der Waals surface area (Å²) in [7, 11) is 1.52. The molecule has 1 aliphatic rings. The molecule has 0 spiro atoms. The summed E-state index contributed by atoms with van der Waals surface area (Å²) in [5.74, 6) is 0.245. The zero-order chi connectivity index (χ0) is 12.5. The van der Waals surface area contributed by atoms with Gasteiger partial charge in [0, 0.05) is 12.6 Å². The average molecular weight is 235 g/mol. The van der Waals surface area contributed by atoms with Gasteiger partial charge in [0.25, 0.3) is 5.91 Å². The third-order valence-electron chi connectivity index (χ3n) is 3.23. The van der Waals surface area contributed by atoms with Crippen molar-refractivity contribution in [2.45, 2.75) is 19.8 Å². The molecule has 0 aromatic heterocycles. The molecule has 0 aliphatic heterocycles. The smallest absolute Gasteiger partial charge is 0.255 e. The summed E-state index contributed by atoms with van der Waals surface area (Å²) >= 11 is 0. The fourth-order valence-corrected chi connectivity index (χ4v) is 1.61. The summed E-state index contributed by atoms with van der Waals surface area (Å²) in [6, 6.07) is 4.67. The van der Waals surface area contributed by atoms with Gasteiger partial charge < -0.3 is 15.2 Å². The fourth-order valence-electron chi connectivity index (χ4n) is 1.61. The SMILES string of the molecule is COc1ccc(C(=O)NCC2(C)CC2)c(O)c1. The van der Waals surface area contributed by atoms with Crippen LogP contribution in [0, 0.1) is 5.41 Å². The molecule has 0 atom stereocenters. The molecule has 2 N–H and O–H groups in total. The maximum Gasteiger partial charge on any atom is 0.255 e. The van der Waals surface area contributed by atoms with Crippen LogP contribution in [-0.2, 0) is 0 Å². The van der Waals surface area contributed by atoms with Gasteiger partial charge >= 0.3 is 0 Å². The van der Waals surface area contributed by atoms with E-state index in [1.807, 2.05) is 0 Å². The second-order valence-corrected chi connectivity index (χ2v) is 4.88. The molecule has 17 heavy (non-hydrogen) atoms. The van der Waals surface area contributed by atoms with E-state index in [1.54, 1.807) is 12.1 Å². The summed E-state index contributed by atoms with van der Waals surface area (Å²) in [4.78, 5) is 11.8. The van der Waals surface area contributed by atoms with Crippen molar-refractivity contribution in [3.05, 3.63) is 23.8 Å². The van der Waals surface area contributed by atoms with E-state index in [1.165, 1.54) is 13.2 Å². The van der Waals surface area contributed by atoms with Gasteiger partial charge in [-0.05, 0) is 30.4 Å². The molecule has 92 valence electrons. The van der Waals surface area contributed by atoms with Crippen LogP contribution in [-0.4, -0.2) is 24.7 Å². The Balaban J connectivity index is 2.03. The molecule has 4 nitrogen and oxygen atoms in total. The number of hydrogen-bond donors (Lipinski definition) is 2. The topological polar surface area (TPSA) is 58.6 Å². The number of hydrogen-bond acceptors (Lipinski definition) is 3. The number of aromatic hydroxyl groups is 1. The van der Waals surface area contributed by atoms with Crippen LogP contribution in [0.2, 0.25) is 0 Å². The van der Waals surface area contributed by atoms with Crippen LogP contribution in [0.5, 0.6) is 11.5 Å². The first kappa shape index (κ1) is 11.8. The lowest BCUT2D eigenvalue weighted by Gasteiger charge is -2.11. The zero-order valence-corrected chi connectivity index (χ0v) is 10.1. The van der Waals surface area contributed by atoms with Crippen LogP contribution >= 0.6 is 0 Å². The molecule has 1 aromatic rings. The molecular weight excluding hydrogens is 218 g/mol. The molecule has 4 heteroatoms. The van der Waals surface area contributed by atoms with Gasteiger partial charge in [0.2, 0.25) is 0 Å². The summed E-state index contributed by atoms with van der Waals surface area (Å²) in [6.45, 7) is 2.80. The second kappa shape index (κ2) is 4.28. The number of carbonyl (C=O) groups excluding carboxylic acids is 1. The Labute approximate surface area is 101 Å². The summed E-state index contributed by atoms with van der Waals surface area (Å²) < 4.78 is 4.96. The Morgan fingerprint density at radius 2 is 2.24 bits per heavy atom. The van der Waals surface area contributed by atoms with E-state index in [9.17, 15) is 9.90 Å². The molecule has 0 unspecified atom stereocenters. The first-order chi connectivity index (χ1) is 8.04. The van der Waals surface area contributed by atoms with Crippen molar-refractivity contribution in [1.29, 1.82) is 0 Å². The van der Waals surface area contributed by atoms with Gasteiger partial charge in [-0.15, -0.1) is 0 Å². The Bertz CT molecular complexity index is 438. The van der Waals surface area contributed by atoms with Gasteiger partial charge in [-0.3, -0.25) is 4.79 Å². The molecule has 2 rings (SSSR count). The lowest BCUT2D eigenvalue weighted by Crippen LogP contribution is -2.28. The van der Waals surface area contributed by atoms with Gasteiger partial charge in [-0.2, -0.15) is 0 Å². The minimum absolute atomic E-state index is 0.0530. The standard InChI is InChI=1S/C13H17NO3/c1-13(5-6-13)8-14-12(16)10-4-3-9(17-2)7-11(10)15/h3-4,7,15H,5-6,8H2,1-2H3,(H,14,16). The first-order valence-corrected chi connectivity index (χ1v) is 5.69. The van der Waals surface area contributed by atoms with E-state index in [0.717, 1.165) is 12.8 Å². The van der Waals surface area contributed by atoms with Gasteiger partial charge in [-0.1, -0.05) is 6.92 Å². The number of carbonyl (C=O) groups is 1. The van der Waals surface area contributed by atoms with Gasteiger partial charge in [0.05, 0.1) is 12.7 Å². The van der Waals surface area contributed by atoms with Crippen LogP contribution in [0.3, 0.4) is 0 Å². The third-order valence-corrected chi connectivity index (χ3v) is 3.23. The molecule has 1 fully saturated rings. The van der Waals surface area contributed by atoms with Gasteiger partial charge in [0.15, 0.2) is 0 Å². The molecule has 0 heterocycles. The highest BCUT2D eigenvalue weighted by atomic mass is 16.5. The maximum absolute atomic E-state index is 11.8. The van der Waals surface area contributed by atoms with Crippen molar-refractivity contribution < 1.29 is 14.6 Å². The van der Waals surface area contributed by atoms with E-state index < -0.39 is 0 Å². The van der Waals surface area contributed by atoms with E-state index in [2.05, 4.69) is 12.2 Å². The number of phenols is 1. The first-order valence-electron chi connectivity index (χ1n) is 5.69. The van der Waals surface area contributed by atoms with Crippen LogP contribution in [0.15, 0.2) is 18.2 Å². The minimum atomic E-state index is -0.238. The molecule has 1 aromatic carbocycles. The lowest BCUT2D eigenvalue weighted by atomic mass is 10.1. The molecule has 0 radical (unpaired) electrons. The number of ether oxygens (including phenoxy) is 1. The highest BCUT2D eigenvalue weighted by molar-refractivity contribution is 5.97. The average Bonchev–Trinajstić information content (AvgIpc) is 3.05. The predicted molar refractivity (Wildman–Crippen MR) is 64.3 cm³/mol. The second-order valence-electron chi connectivity index (χ2n) is 4.88. The number of nitrogens with one attached hydrogen (secondary N) is 1. The number of rotatable bonds is 4. The quantitative estimate of drug-likeness (QED) is 0.838. The van der Waals surface area contributed by atoms with Crippen molar-refractivity contribution in [3.8, 4) is 11.5 Å². The van der Waals surface area contributed by atoms with E-state index in [-0.39, 0.29) is 22.6 Å². The van der Waals surface area contributed by atoms with Crippen LogP contribution < -0.4 is 10.1 Å². The zero-order valence-electron chi connectivity index (χ0n) is 10.1. The maximum atomic E-state index is 11.8. The van der Waals surface area contributed by atoms with Gasteiger partial charge in [-0.25, -0.2) is 0 Å². The largest absolute Gasteiger partial charge is 0.507 e. The van der Waals surface area contributed by atoms with Crippen LogP contribution in [0.1, 0.15) is 30.1 Å². The van der Waals surface area contributed by atoms with E-state index in [4.69, 9.17) is 4.74 Å². The normalized spacial score (nSPS) is 16.4. The number of methoxy groups -OCH3 is 1. The summed E-state index contributed by atoms with van der Waals surface area (Å²) in [5.41, 5.74) is 0.549. The van der Waals surface area contributed by atoms with Gasteiger partial charge in [0.1, 0.15) is 11.5 Å². The number of amides is 1. The third kappa shape index (κ3) is 2.70. The molecule has 0 saturated heterocycles. The molecule has 1 amide bonds. The van der Waals surface area contributed by atoms with Crippen molar-refractivity contribution in [3.63, 3.8) is 0 Å². The Hall–Kier alpha value is -1.71. The summed E-state index contributed by atoms with van der Waals surface area (Å²) in [6.07, 6.45) is 2.31. The number of benzene rings is 1. The van der Waals surface area contributed by atoms with Crippen molar-refractivity contribution in [2.75, 3.05) is 13.7 Å². The van der Waals surface area contributed by atoms with Crippen molar-refractivity contribution >= 4 is 5.91 Å². The number of phenolic OH excluding ortho intramolecular Hbond substituents is 1. The Morgan fingerprint density at radius 1 is 1.53 bits per heavy atom. The lowest BCUT2D eigenvalue weighted by molar-refractivity contribution is 0.0943. The Kier molecular flexibility index (Phi) is 2.96. The molecule has 1 aliphatic carbocycles. The monoisotopic (exact) mass is 235 g/mol. The van der Waals surface area contributed by atoms with Crippen molar-refractivity contribution in [1.82, 2.24) is 5.32 Å². The minimum Gasteiger partial charge on any atom is -0.507 e. The van der Waals surface area contributed by atoms with E-state index >= 15 is 0 Å². The van der Waals surface area contributed by atoms with Crippen molar-refractivity contribution in [2.24, 2.45) is 5.41 Å². The fraction of sp³-hybridized carbons (Fsp3) is 0.462. The molecule has 1 saturated carbocycles. The van der Waals surface area contributed by atoms with Crippen LogP contribution in [0.25, 0.3) is 0 Å². The predicted octanol–water partition coefficient (Wildman–Crippen LogP) is 1.93. The Morgan fingerprint density at radius 3 is 2.76 bits per heavy atom. The van der Waals surface area contributed by atoms with Crippen LogP contribution in [0.4, 0.5) is 0 Å². The highest BCUT2D eigenvalue weighted by Gasteiger charge is 2.37. The highest BCUT2D eigenvalue weighted by Crippen LogP contribution is 2.44. The molecular formula is C13H17NO3. The van der Waals surface area contributed by atoms with E-state index in [0.29, 0.717) is 12.3 Å². The molecule has 0 bridgehead atoms. The summed E-state index contributed by atoms with van der Waals surface area (Å²) in [5, 5.41) is 12.5.